The molecule has 0 spiro atoms. The van der Waals surface area contributed by atoms with Crippen molar-refractivity contribution in [2.75, 3.05) is 0 Å². The van der Waals surface area contributed by atoms with Crippen LogP contribution in [0.4, 0.5) is 0 Å². The molecular formula is C22H44CaFeO2. The number of carboxylic acid groups (broad SMARTS) is 1. The summed E-state index contributed by atoms with van der Waals surface area (Å²) in [6, 6.07) is 0. The Bertz CT molecular complexity index is 263. The van der Waals surface area contributed by atoms with Crippen LogP contribution in [-0.2, 0) is 21.9 Å². The molecule has 1 N–H and O–H groups in total. The molecule has 0 heterocycles. The van der Waals surface area contributed by atoms with E-state index in [0.29, 0.717) is 6.42 Å². The topological polar surface area (TPSA) is 37.3 Å². The minimum absolute atomic E-state index is 0. The monoisotopic (exact) mass is 436 g/mol. The molecule has 0 aliphatic rings. The minimum atomic E-state index is -0.651. The summed E-state index contributed by atoms with van der Waals surface area (Å²) < 4.78 is 0. The molecule has 0 aromatic rings. The molecule has 154 valence electrons. The number of hydrogen-bond donors (Lipinski definition) is 1. The van der Waals surface area contributed by atoms with Gasteiger partial charge in [0.25, 0.3) is 0 Å². The molecule has 0 fully saturated rings. The molecule has 2 radical (unpaired) electrons. The number of hydrogen-bond acceptors (Lipinski definition) is 1. The summed E-state index contributed by atoms with van der Waals surface area (Å²) in [5.41, 5.74) is 0. The third-order valence-corrected chi connectivity index (χ3v) is 4.99. The zero-order chi connectivity index (χ0) is 17.7. The van der Waals surface area contributed by atoms with Crippen LogP contribution >= 0.6 is 0 Å². The van der Waals surface area contributed by atoms with E-state index in [0.717, 1.165) is 12.8 Å². The van der Waals surface area contributed by atoms with E-state index < -0.39 is 5.97 Å². The molecule has 4 heteroatoms. The second kappa shape index (κ2) is 28.5. The summed E-state index contributed by atoms with van der Waals surface area (Å²) in [5, 5.41) is 8.56. The van der Waals surface area contributed by atoms with Crippen LogP contribution < -0.4 is 0 Å². The average molecular weight is 437 g/mol. The number of unbranched alkanes of at least 4 members (excludes halogenated alkanes) is 18. The van der Waals surface area contributed by atoms with Gasteiger partial charge in [-0.05, 0) is 6.42 Å². The van der Waals surface area contributed by atoms with Crippen molar-refractivity contribution in [3.8, 4) is 0 Å². The van der Waals surface area contributed by atoms with Crippen molar-refractivity contribution >= 4 is 43.7 Å². The average Bonchev–Trinajstić information content (AvgIpc) is 2.56. The van der Waals surface area contributed by atoms with Crippen molar-refractivity contribution in [3.05, 3.63) is 0 Å². The van der Waals surface area contributed by atoms with Crippen LogP contribution in [0.3, 0.4) is 0 Å². The summed E-state index contributed by atoms with van der Waals surface area (Å²) in [4.78, 5) is 10.4. The molecule has 0 amide bonds. The predicted octanol–water partition coefficient (Wildman–Crippen LogP) is 7.51. The molecule has 0 aliphatic carbocycles. The SMILES string of the molecule is CCCCCCCCCCCCCCCCCCCCCC(=O)O.[Ca].[Fe]. The van der Waals surface area contributed by atoms with E-state index in [1.54, 1.807) is 0 Å². The summed E-state index contributed by atoms with van der Waals surface area (Å²) in [6.45, 7) is 2.28. The molecule has 26 heavy (non-hydrogen) atoms. The van der Waals surface area contributed by atoms with Gasteiger partial charge in [-0.2, -0.15) is 0 Å². The van der Waals surface area contributed by atoms with Gasteiger partial charge in [-0.3, -0.25) is 4.79 Å². The molecule has 0 saturated carbocycles. The molecule has 0 aliphatic heterocycles. The van der Waals surface area contributed by atoms with E-state index in [4.69, 9.17) is 5.11 Å². The van der Waals surface area contributed by atoms with Gasteiger partial charge in [0.05, 0.1) is 0 Å². The van der Waals surface area contributed by atoms with Crippen molar-refractivity contribution in [2.45, 2.75) is 135 Å². The van der Waals surface area contributed by atoms with Crippen molar-refractivity contribution in [1.29, 1.82) is 0 Å². The maximum absolute atomic E-state index is 10.4. The van der Waals surface area contributed by atoms with Crippen LogP contribution in [0.2, 0.25) is 0 Å². The van der Waals surface area contributed by atoms with Gasteiger partial charge < -0.3 is 5.11 Å². The minimum Gasteiger partial charge on any atom is -0.481 e. The van der Waals surface area contributed by atoms with E-state index in [2.05, 4.69) is 6.92 Å². The first-order chi connectivity index (χ1) is 11.8. The molecule has 0 aromatic heterocycles. The summed E-state index contributed by atoms with van der Waals surface area (Å²) in [6.07, 6.45) is 26.1. The number of carbonyl (C=O) groups is 1. The molecule has 2 nitrogen and oxygen atoms in total. The van der Waals surface area contributed by atoms with Gasteiger partial charge in [0.1, 0.15) is 0 Å². The van der Waals surface area contributed by atoms with Gasteiger partial charge in [0.2, 0.25) is 0 Å². The Labute approximate surface area is 204 Å². The van der Waals surface area contributed by atoms with Gasteiger partial charge in [0.15, 0.2) is 0 Å². The van der Waals surface area contributed by atoms with Gasteiger partial charge in [0, 0.05) is 61.2 Å². The van der Waals surface area contributed by atoms with Crippen molar-refractivity contribution in [2.24, 2.45) is 0 Å². The van der Waals surface area contributed by atoms with Gasteiger partial charge in [-0.25, -0.2) is 0 Å². The fraction of sp³-hybridized carbons (Fsp3) is 0.955. The predicted molar refractivity (Wildman–Crippen MR) is 111 cm³/mol. The van der Waals surface area contributed by atoms with E-state index in [1.807, 2.05) is 0 Å². The number of rotatable bonds is 20. The third kappa shape index (κ3) is 30.0. The first-order valence-corrected chi connectivity index (χ1v) is 11.0. The Morgan fingerprint density at radius 2 is 0.769 bits per heavy atom. The quantitative estimate of drug-likeness (QED) is 0.158. The second-order valence-corrected chi connectivity index (χ2v) is 7.51. The molecular weight excluding hydrogens is 392 g/mol. The first-order valence-electron chi connectivity index (χ1n) is 11.0. The van der Waals surface area contributed by atoms with Crippen LogP contribution in [0.25, 0.3) is 0 Å². The zero-order valence-corrected chi connectivity index (χ0v) is 20.9. The van der Waals surface area contributed by atoms with Crippen LogP contribution in [-0.4, -0.2) is 48.8 Å². The van der Waals surface area contributed by atoms with Crippen LogP contribution in [0.5, 0.6) is 0 Å². The summed E-state index contributed by atoms with van der Waals surface area (Å²) >= 11 is 0. The normalized spacial score (nSPS) is 10.2. The zero-order valence-electron chi connectivity index (χ0n) is 17.6. The Morgan fingerprint density at radius 1 is 0.538 bits per heavy atom. The van der Waals surface area contributed by atoms with Crippen LogP contribution in [0.1, 0.15) is 135 Å². The smallest absolute Gasteiger partial charge is 0.303 e. The fourth-order valence-electron chi connectivity index (χ4n) is 3.35. The fourth-order valence-corrected chi connectivity index (χ4v) is 3.35. The van der Waals surface area contributed by atoms with Crippen molar-refractivity contribution in [3.63, 3.8) is 0 Å². The van der Waals surface area contributed by atoms with Crippen LogP contribution in [0.15, 0.2) is 0 Å². The Hall–Kier alpha value is 1.25. The summed E-state index contributed by atoms with van der Waals surface area (Å²) in [5.74, 6) is -0.651. The molecule has 0 unspecified atom stereocenters. The number of aliphatic carboxylic acids is 1. The van der Waals surface area contributed by atoms with E-state index >= 15 is 0 Å². The molecule has 0 aromatic carbocycles. The van der Waals surface area contributed by atoms with E-state index in [9.17, 15) is 4.79 Å². The Morgan fingerprint density at radius 3 is 1.00 bits per heavy atom. The van der Waals surface area contributed by atoms with Crippen molar-refractivity contribution < 1.29 is 27.0 Å². The van der Waals surface area contributed by atoms with E-state index in [1.165, 1.54) is 109 Å². The largest absolute Gasteiger partial charge is 0.481 e. The molecule has 0 bridgehead atoms. The third-order valence-electron chi connectivity index (χ3n) is 4.99. The first kappa shape index (κ1) is 31.9. The molecule has 0 rings (SSSR count). The van der Waals surface area contributed by atoms with Gasteiger partial charge >= 0.3 is 5.97 Å². The van der Waals surface area contributed by atoms with Gasteiger partial charge in [-0.1, -0.05) is 122 Å². The summed E-state index contributed by atoms with van der Waals surface area (Å²) in [7, 11) is 0. The second-order valence-electron chi connectivity index (χ2n) is 7.51. The van der Waals surface area contributed by atoms with Crippen molar-refractivity contribution in [1.82, 2.24) is 0 Å². The number of carboxylic acids is 1. The maximum Gasteiger partial charge on any atom is 0.303 e. The standard InChI is InChI=1S/C22H44O2.Ca.Fe/c1-2-3-4-5-6-7-8-9-10-11-12-13-14-15-16-17-18-19-20-21-22(23)24;;/h2-21H2,1H3,(H,23,24);;. The van der Waals surface area contributed by atoms with Gasteiger partial charge in [-0.15, -0.1) is 0 Å². The molecule has 0 saturated heterocycles. The molecule has 0 atom stereocenters. The van der Waals surface area contributed by atoms with E-state index in [-0.39, 0.29) is 54.8 Å². The van der Waals surface area contributed by atoms with Crippen LogP contribution in [0, 0.1) is 0 Å². The maximum atomic E-state index is 10.4. The Kier molecular flexibility index (Phi) is 34.9. The Balaban J connectivity index is -0.00000264.